The van der Waals surface area contributed by atoms with E-state index in [0.717, 1.165) is 0 Å². The van der Waals surface area contributed by atoms with Crippen molar-refractivity contribution >= 4 is 19.8 Å². The Balaban J connectivity index is 1.92. The topological polar surface area (TPSA) is 0 Å². The molecule has 0 N–H and O–H groups in total. The normalized spacial score (nSPS) is 54.5. The number of fused-ring (bicyclic) bond motifs is 1. The Morgan fingerprint density at radius 1 is 1.83 bits per heavy atom. The number of halogens is 1. The Morgan fingerprint density at radius 3 is 2.50 bits per heavy atom. The number of hydrogen-bond donors (Lipinski definition) is 0. The second-order valence-corrected chi connectivity index (χ2v) is 8.59. The molecule has 0 radical (unpaired) electrons. The van der Waals surface area contributed by atoms with Crippen LogP contribution in [0.25, 0.3) is 0 Å². The maximum atomic E-state index is 2.34. The van der Waals surface area contributed by atoms with E-state index < -0.39 is 0 Å². The van der Waals surface area contributed by atoms with Crippen molar-refractivity contribution in [2.24, 2.45) is 0 Å². The summed E-state index contributed by atoms with van der Waals surface area (Å²) >= 11 is 0.0260. The first-order valence-electron chi connectivity index (χ1n) is 2.56. The van der Waals surface area contributed by atoms with Gasteiger partial charge < -0.3 is 0 Å². The van der Waals surface area contributed by atoms with Gasteiger partial charge in [0.15, 0.2) is 0 Å². The van der Waals surface area contributed by atoms with Gasteiger partial charge in [-0.05, 0) is 0 Å². The fourth-order valence-electron chi connectivity index (χ4n) is 1.02. The zero-order chi connectivity index (χ0) is 4.15. The van der Waals surface area contributed by atoms with Crippen molar-refractivity contribution in [2.45, 2.75) is 21.2 Å². The van der Waals surface area contributed by atoms with E-state index in [9.17, 15) is 0 Å². The summed E-state index contributed by atoms with van der Waals surface area (Å²) in [5.74, 6) is 0. The molecule has 2 aliphatic heterocycles. The summed E-state index contributed by atoms with van der Waals surface area (Å²) in [6.45, 7) is 2.34. The fourth-order valence-corrected chi connectivity index (χ4v) is 8.45. The molecule has 0 aliphatic carbocycles. The van der Waals surface area contributed by atoms with Crippen LogP contribution in [0.15, 0.2) is 0 Å². The molecule has 2 aliphatic rings. The van der Waals surface area contributed by atoms with Crippen molar-refractivity contribution in [3.05, 3.63) is 0 Å². The quantitative estimate of drug-likeness (QED) is 0.442. The van der Waals surface area contributed by atoms with Gasteiger partial charge in [-0.2, -0.15) is 0 Å². The molecule has 0 amide bonds. The van der Waals surface area contributed by atoms with Crippen LogP contribution in [-0.2, 0) is 0 Å². The fraction of sp³-hybridized carbons (Fsp3) is 1.00. The Hall–Kier alpha value is 0.730. The zero-order valence-corrected chi connectivity index (χ0v) is 6.10. The molecule has 6 heavy (non-hydrogen) atoms. The van der Waals surface area contributed by atoms with Crippen molar-refractivity contribution in [1.29, 1.82) is 0 Å². The second kappa shape index (κ2) is 0.932. The van der Waals surface area contributed by atoms with E-state index in [1.54, 1.807) is 4.43 Å². The first kappa shape index (κ1) is 3.70. The van der Waals surface area contributed by atoms with E-state index in [1.165, 1.54) is 14.3 Å². The number of hydrogen-bond acceptors (Lipinski definition) is 0. The molecule has 0 aromatic heterocycles. The van der Waals surface area contributed by atoms with Crippen LogP contribution in [0.5, 0.6) is 0 Å². The van der Waals surface area contributed by atoms with Crippen LogP contribution in [0.4, 0.5) is 0 Å². The number of alkyl halides is 3. The van der Waals surface area contributed by atoms with Crippen LogP contribution in [0.3, 0.4) is 0 Å². The van der Waals surface area contributed by atoms with Crippen molar-refractivity contribution in [2.75, 3.05) is 4.43 Å². The standard InChI is InChI=1S/C5H9I/c1-2-4-5-3-6(4)5/h4-5H,2-3H2,1H3/t4?,5-/m1/s1. The molecule has 0 nitrogen and oxygen atoms in total. The van der Waals surface area contributed by atoms with E-state index in [0.29, 0.717) is 0 Å². The minimum absolute atomic E-state index is 0.0260. The van der Waals surface area contributed by atoms with E-state index in [2.05, 4.69) is 6.92 Å². The van der Waals surface area contributed by atoms with Gasteiger partial charge >= 0.3 is 45.4 Å². The van der Waals surface area contributed by atoms with E-state index in [1.807, 2.05) is 0 Å². The summed E-state index contributed by atoms with van der Waals surface area (Å²) < 4.78 is 4.48. The monoisotopic (exact) mass is 196 g/mol. The van der Waals surface area contributed by atoms with E-state index >= 15 is 0 Å². The summed E-state index contributed by atoms with van der Waals surface area (Å²) in [6, 6.07) is 0. The van der Waals surface area contributed by atoms with Crippen molar-refractivity contribution in [3.8, 4) is 0 Å². The summed E-state index contributed by atoms with van der Waals surface area (Å²) in [5.41, 5.74) is 0. The van der Waals surface area contributed by atoms with Gasteiger partial charge in [0.25, 0.3) is 0 Å². The summed E-state index contributed by atoms with van der Waals surface area (Å²) in [4.78, 5) is 0. The first-order chi connectivity index (χ1) is 2.93. The molecule has 1 unspecified atom stereocenters. The van der Waals surface area contributed by atoms with Gasteiger partial charge in [-0.1, -0.05) is 0 Å². The van der Waals surface area contributed by atoms with Crippen LogP contribution in [0.2, 0.25) is 0 Å². The average Bonchev–Trinajstić information content (AvgIpc) is 2.12. The summed E-state index contributed by atoms with van der Waals surface area (Å²) in [6.07, 6.45) is 1.52. The third-order valence-corrected chi connectivity index (χ3v) is 8.83. The van der Waals surface area contributed by atoms with Crippen LogP contribution in [0, 0.1) is 0 Å². The van der Waals surface area contributed by atoms with Gasteiger partial charge in [0, 0.05) is 0 Å². The van der Waals surface area contributed by atoms with Crippen molar-refractivity contribution in [3.63, 3.8) is 0 Å². The van der Waals surface area contributed by atoms with Gasteiger partial charge in [-0.15, -0.1) is 0 Å². The summed E-state index contributed by atoms with van der Waals surface area (Å²) in [5, 5.41) is 0. The van der Waals surface area contributed by atoms with Gasteiger partial charge in [-0.25, -0.2) is 0 Å². The molecular weight excluding hydrogens is 187 g/mol. The minimum atomic E-state index is 0.0260. The predicted octanol–water partition coefficient (Wildman–Crippen LogP) is 1.67. The van der Waals surface area contributed by atoms with Gasteiger partial charge in [0.2, 0.25) is 0 Å². The molecule has 0 bridgehead atoms. The molecule has 0 spiro atoms. The molecule has 2 heterocycles. The van der Waals surface area contributed by atoms with Gasteiger partial charge in [0.1, 0.15) is 0 Å². The molecule has 0 aromatic rings. The molecule has 2 fully saturated rings. The van der Waals surface area contributed by atoms with Crippen LogP contribution < -0.4 is 0 Å². The van der Waals surface area contributed by atoms with Crippen LogP contribution in [-0.4, -0.2) is 12.3 Å². The van der Waals surface area contributed by atoms with Crippen molar-refractivity contribution in [1.82, 2.24) is 0 Å². The van der Waals surface area contributed by atoms with Gasteiger partial charge in [0.05, 0.1) is 0 Å². The molecule has 36 valence electrons. The number of rotatable bonds is 1. The second-order valence-electron chi connectivity index (χ2n) is 2.03. The summed E-state index contributed by atoms with van der Waals surface area (Å²) in [7, 11) is 0. The predicted molar refractivity (Wildman–Crippen MR) is 36.8 cm³/mol. The maximum absolute atomic E-state index is 2.34. The molecular formula is C5H9I. The third kappa shape index (κ3) is 0.303. The average molecular weight is 196 g/mol. The Bertz CT molecular complexity index is 72.0. The molecule has 2 atom stereocenters. The molecule has 2 rings (SSSR count). The Labute approximate surface area is 45.7 Å². The molecule has 0 saturated carbocycles. The molecule has 0 aromatic carbocycles. The van der Waals surface area contributed by atoms with Gasteiger partial charge in [-0.3, -0.25) is 0 Å². The van der Waals surface area contributed by atoms with Crippen LogP contribution in [0.1, 0.15) is 13.3 Å². The molecule has 1 heteroatoms. The SMILES string of the molecule is CCC1[C@H]2CI12. The van der Waals surface area contributed by atoms with E-state index in [-0.39, 0.29) is 19.8 Å². The molecule has 2 saturated heterocycles. The Kier molecular flexibility index (Phi) is 0.574. The van der Waals surface area contributed by atoms with E-state index in [4.69, 9.17) is 0 Å². The van der Waals surface area contributed by atoms with Crippen molar-refractivity contribution < 1.29 is 0 Å². The zero-order valence-electron chi connectivity index (χ0n) is 3.95. The first-order valence-corrected chi connectivity index (χ1v) is 6.58. The van der Waals surface area contributed by atoms with Crippen LogP contribution >= 0.6 is 19.8 Å². The third-order valence-electron chi connectivity index (χ3n) is 1.66. The Morgan fingerprint density at radius 2 is 2.50 bits per heavy atom.